The number of hydrogen-bond acceptors (Lipinski definition) is 6. The molecule has 0 unspecified atom stereocenters. The topological polar surface area (TPSA) is 102 Å². The lowest BCUT2D eigenvalue weighted by Crippen LogP contribution is -2.25. The van der Waals surface area contributed by atoms with E-state index in [2.05, 4.69) is 0 Å². The highest BCUT2D eigenvalue weighted by atomic mass is 19.1. The van der Waals surface area contributed by atoms with Gasteiger partial charge < -0.3 is 19.1 Å². The first kappa shape index (κ1) is 21.6. The molecule has 31 heavy (non-hydrogen) atoms. The van der Waals surface area contributed by atoms with E-state index in [4.69, 9.17) is 9.47 Å². The third kappa shape index (κ3) is 4.56. The molecule has 0 atom stereocenters. The van der Waals surface area contributed by atoms with Crippen molar-refractivity contribution >= 4 is 5.78 Å². The number of aromatic nitrogens is 1. The zero-order valence-electron chi connectivity index (χ0n) is 16.9. The van der Waals surface area contributed by atoms with Crippen molar-refractivity contribution in [3.8, 4) is 23.3 Å². The second kappa shape index (κ2) is 9.13. The summed E-state index contributed by atoms with van der Waals surface area (Å²) in [6.07, 6.45) is 1.71. The number of phenols is 1. The lowest BCUT2D eigenvalue weighted by molar-refractivity contribution is 0.103. The molecule has 0 aliphatic rings. The number of phenolic OH excluding ortho intramolecular Hbond substituents is 1. The van der Waals surface area contributed by atoms with Crippen LogP contribution in [0, 0.1) is 17.1 Å². The van der Waals surface area contributed by atoms with E-state index in [1.807, 2.05) is 6.07 Å². The molecule has 0 spiro atoms. The number of aryl methyl sites for hydroxylation is 2. The SMILES string of the molecule is COc1ccc(CCn2cc(C(=O)c3cc(F)ccc3O)cc(C#N)c2=O)cc1OC. The summed E-state index contributed by atoms with van der Waals surface area (Å²) in [5, 5.41) is 19.2. The van der Waals surface area contributed by atoms with Gasteiger partial charge in [-0.15, -0.1) is 0 Å². The Hall–Kier alpha value is -4.12. The van der Waals surface area contributed by atoms with Crippen LogP contribution in [0.15, 0.2) is 53.5 Å². The van der Waals surface area contributed by atoms with E-state index in [1.54, 1.807) is 18.2 Å². The van der Waals surface area contributed by atoms with E-state index >= 15 is 0 Å². The van der Waals surface area contributed by atoms with Gasteiger partial charge in [0.2, 0.25) is 0 Å². The van der Waals surface area contributed by atoms with Gasteiger partial charge in [-0.25, -0.2) is 4.39 Å². The summed E-state index contributed by atoms with van der Waals surface area (Å²) in [6, 6.07) is 11.3. The number of halogens is 1. The third-order valence-electron chi connectivity index (χ3n) is 4.76. The molecular weight excluding hydrogens is 403 g/mol. The van der Waals surface area contributed by atoms with Crippen LogP contribution in [-0.2, 0) is 13.0 Å². The summed E-state index contributed by atoms with van der Waals surface area (Å²) < 4.78 is 25.3. The van der Waals surface area contributed by atoms with Crippen molar-refractivity contribution in [1.29, 1.82) is 5.26 Å². The minimum absolute atomic E-state index is 0.00985. The number of hydrogen-bond donors (Lipinski definition) is 1. The van der Waals surface area contributed by atoms with Gasteiger partial charge in [0.05, 0.1) is 19.8 Å². The predicted octanol–water partition coefficient (Wildman–Crippen LogP) is 3.06. The molecule has 0 amide bonds. The molecule has 0 aliphatic heterocycles. The van der Waals surface area contributed by atoms with E-state index in [-0.39, 0.29) is 23.2 Å². The number of nitrogens with zero attached hydrogens (tertiary/aromatic N) is 2. The summed E-state index contributed by atoms with van der Waals surface area (Å²) in [5.41, 5.74) is -0.196. The maximum atomic E-state index is 13.5. The standard InChI is InChI=1S/C23H19FN2O5/c1-30-20-6-3-14(9-21(20)31-2)7-8-26-13-16(10-15(12-25)23(26)29)22(28)18-11-17(24)4-5-19(18)27/h3-6,9-11,13,27H,7-8H2,1-2H3. The Morgan fingerprint density at radius 1 is 1.13 bits per heavy atom. The number of nitriles is 1. The van der Waals surface area contributed by atoms with E-state index in [0.717, 1.165) is 29.8 Å². The first-order valence-corrected chi connectivity index (χ1v) is 9.26. The van der Waals surface area contributed by atoms with Gasteiger partial charge in [-0.2, -0.15) is 5.26 Å². The third-order valence-corrected chi connectivity index (χ3v) is 4.76. The molecule has 0 aliphatic carbocycles. The molecule has 0 radical (unpaired) electrons. The average molecular weight is 422 g/mol. The van der Waals surface area contributed by atoms with Gasteiger partial charge in [0.1, 0.15) is 23.2 Å². The zero-order chi connectivity index (χ0) is 22.5. The summed E-state index contributed by atoms with van der Waals surface area (Å²) >= 11 is 0. The van der Waals surface area contributed by atoms with Gasteiger partial charge in [-0.05, 0) is 48.4 Å². The van der Waals surface area contributed by atoms with Crippen molar-refractivity contribution in [1.82, 2.24) is 4.57 Å². The largest absolute Gasteiger partial charge is 0.507 e. The maximum absolute atomic E-state index is 13.5. The molecule has 0 saturated heterocycles. The smallest absolute Gasteiger partial charge is 0.268 e. The summed E-state index contributed by atoms with van der Waals surface area (Å²) in [7, 11) is 3.04. The minimum Gasteiger partial charge on any atom is -0.507 e. The van der Waals surface area contributed by atoms with E-state index in [9.17, 15) is 24.3 Å². The Labute approximate surface area is 177 Å². The number of rotatable bonds is 7. The number of benzene rings is 2. The van der Waals surface area contributed by atoms with Gasteiger partial charge in [0.25, 0.3) is 5.56 Å². The molecule has 0 bridgehead atoms. The first-order chi connectivity index (χ1) is 14.9. The molecule has 0 fully saturated rings. The monoisotopic (exact) mass is 422 g/mol. The maximum Gasteiger partial charge on any atom is 0.268 e. The predicted molar refractivity (Wildman–Crippen MR) is 110 cm³/mol. The first-order valence-electron chi connectivity index (χ1n) is 9.26. The van der Waals surface area contributed by atoms with E-state index in [1.165, 1.54) is 25.0 Å². The van der Waals surface area contributed by atoms with Crippen molar-refractivity contribution < 1.29 is 23.8 Å². The Kier molecular flexibility index (Phi) is 6.36. The van der Waals surface area contributed by atoms with Crippen molar-refractivity contribution in [2.45, 2.75) is 13.0 Å². The fraction of sp³-hybridized carbons (Fsp3) is 0.174. The highest BCUT2D eigenvalue weighted by Crippen LogP contribution is 2.28. The van der Waals surface area contributed by atoms with Crippen LogP contribution in [-0.4, -0.2) is 29.7 Å². The van der Waals surface area contributed by atoms with Crippen LogP contribution < -0.4 is 15.0 Å². The van der Waals surface area contributed by atoms with Crippen LogP contribution in [0.5, 0.6) is 17.2 Å². The minimum atomic E-state index is -0.701. The van der Waals surface area contributed by atoms with Crippen molar-refractivity contribution in [2.24, 2.45) is 0 Å². The second-order valence-corrected chi connectivity index (χ2v) is 6.68. The van der Waals surface area contributed by atoms with Crippen LogP contribution in [0.25, 0.3) is 0 Å². The number of methoxy groups -OCH3 is 2. The molecule has 158 valence electrons. The lowest BCUT2D eigenvalue weighted by atomic mass is 10.0. The van der Waals surface area contributed by atoms with Crippen molar-refractivity contribution in [2.75, 3.05) is 14.2 Å². The normalized spacial score (nSPS) is 10.4. The molecule has 1 heterocycles. The van der Waals surface area contributed by atoms with E-state index in [0.29, 0.717) is 17.9 Å². The molecule has 1 aromatic heterocycles. The fourth-order valence-electron chi connectivity index (χ4n) is 3.14. The summed E-state index contributed by atoms with van der Waals surface area (Å²) in [6.45, 7) is 0.180. The van der Waals surface area contributed by atoms with Gasteiger partial charge in [-0.1, -0.05) is 6.07 Å². The molecule has 3 rings (SSSR count). The summed E-state index contributed by atoms with van der Waals surface area (Å²) in [5.74, 6) is -0.682. The van der Waals surface area contributed by atoms with Crippen LogP contribution in [0.4, 0.5) is 4.39 Å². The van der Waals surface area contributed by atoms with E-state index < -0.39 is 22.9 Å². The van der Waals surface area contributed by atoms with Crippen LogP contribution in [0.3, 0.4) is 0 Å². The number of ether oxygens (including phenoxy) is 2. The van der Waals surface area contributed by atoms with Gasteiger partial charge in [0.15, 0.2) is 17.3 Å². The Morgan fingerprint density at radius 2 is 1.87 bits per heavy atom. The molecule has 3 aromatic rings. The molecule has 2 aromatic carbocycles. The number of carbonyl (C=O) groups is 1. The molecule has 7 nitrogen and oxygen atoms in total. The molecule has 0 saturated carbocycles. The van der Waals surface area contributed by atoms with Crippen molar-refractivity contribution in [3.63, 3.8) is 0 Å². The van der Waals surface area contributed by atoms with Crippen molar-refractivity contribution in [3.05, 3.63) is 87.1 Å². The van der Waals surface area contributed by atoms with Crippen LogP contribution >= 0.6 is 0 Å². The highest BCUT2D eigenvalue weighted by Gasteiger charge is 2.18. The number of pyridine rings is 1. The number of aromatic hydroxyl groups is 1. The quantitative estimate of drug-likeness (QED) is 0.587. The number of carbonyl (C=O) groups excluding carboxylic acids is 1. The van der Waals surface area contributed by atoms with Crippen LogP contribution in [0.1, 0.15) is 27.0 Å². The zero-order valence-corrected chi connectivity index (χ0v) is 16.9. The Bertz CT molecular complexity index is 1240. The average Bonchev–Trinajstić information content (AvgIpc) is 2.79. The molecular formula is C23H19FN2O5. The number of ketones is 1. The second-order valence-electron chi connectivity index (χ2n) is 6.68. The van der Waals surface area contributed by atoms with Gasteiger partial charge in [0, 0.05) is 18.3 Å². The Morgan fingerprint density at radius 3 is 2.55 bits per heavy atom. The van der Waals surface area contributed by atoms with Crippen LogP contribution in [0.2, 0.25) is 0 Å². The summed E-state index contributed by atoms with van der Waals surface area (Å²) in [4.78, 5) is 25.3. The van der Waals surface area contributed by atoms with Gasteiger partial charge in [-0.3, -0.25) is 9.59 Å². The Balaban J connectivity index is 1.95. The molecule has 1 N–H and O–H groups in total. The van der Waals surface area contributed by atoms with Gasteiger partial charge >= 0.3 is 0 Å². The fourth-order valence-corrected chi connectivity index (χ4v) is 3.14. The lowest BCUT2D eigenvalue weighted by Gasteiger charge is -2.12. The molecule has 8 heteroatoms. The highest BCUT2D eigenvalue weighted by molar-refractivity contribution is 6.10.